The molecule has 4 aromatic rings. The molecule has 0 radical (unpaired) electrons. The van der Waals surface area contributed by atoms with E-state index in [-0.39, 0.29) is 23.9 Å². The van der Waals surface area contributed by atoms with Crippen LogP contribution in [0.15, 0.2) is 77.9 Å². The number of nitrogens with zero attached hydrogens (tertiary/aromatic N) is 3. The number of aromatic amines is 1. The summed E-state index contributed by atoms with van der Waals surface area (Å²) in [6.07, 6.45) is 0.593. The Balaban J connectivity index is 1.36. The summed E-state index contributed by atoms with van der Waals surface area (Å²) in [7, 11) is 0. The Labute approximate surface area is 192 Å². The lowest BCUT2D eigenvalue weighted by Gasteiger charge is -2.40. The maximum atomic E-state index is 13.4. The number of hydrogen-bond donors (Lipinski definition) is 2. The lowest BCUT2D eigenvalue weighted by Crippen LogP contribution is -2.50. The van der Waals surface area contributed by atoms with E-state index in [4.69, 9.17) is 0 Å². The number of carbonyl (C=O) groups excluding carboxylic acids is 3. The number of hydrogen-bond acceptors (Lipinski definition) is 5. The fourth-order valence-corrected chi connectivity index (χ4v) is 4.64. The second-order valence-corrected chi connectivity index (χ2v) is 8.10. The van der Waals surface area contributed by atoms with Crippen LogP contribution < -0.4 is 15.8 Å². The van der Waals surface area contributed by atoms with E-state index in [2.05, 4.69) is 15.3 Å². The highest BCUT2D eigenvalue weighted by atomic mass is 16.2. The summed E-state index contributed by atoms with van der Waals surface area (Å²) in [6.45, 7) is -0.280. The second kappa shape index (κ2) is 7.38. The van der Waals surface area contributed by atoms with E-state index >= 15 is 0 Å². The van der Waals surface area contributed by atoms with Crippen LogP contribution in [-0.4, -0.2) is 39.1 Å². The third-order valence-electron chi connectivity index (χ3n) is 6.12. The summed E-state index contributed by atoms with van der Waals surface area (Å²) in [5.74, 6) is -1.01. The molecule has 6 rings (SSSR count). The molecule has 2 N–H and O–H groups in total. The monoisotopic (exact) mass is 451 g/mol. The van der Waals surface area contributed by atoms with Gasteiger partial charge in [-0.3, -0.25) is 24.1 Å². The van der Waals surface area contributed by atoms with Crippen molar-refractivity contribution in [1.82, 2.24) is 14.9 Å². The first-order valence-corrected chi connectivity index (χ1v) is 10.6. The minimum Gasteiger partial charge on any atom is -0.325 e. The van der Waals surface area contributed by atoms with Gasteiger partial charge in [-0.1, -0.05) is 30.3 Å². The van der Waals surface area contributed by atoms with Crippen LogP contribution in [0, 0.1) is 0 Å². The van der Waals surface area contributed by atoms with Gasteiger partial charge in [-0.05, 0) is 36.4 Å². The molecule has 1 aromatic heterocycles. The summed E-state index contributed by atoms with van der Waals surface area (Å²) >= 11 is 0. The minimum absolute atomic E-state index is 0.216. The molecule has 2 aliphatic heterocycles. The molecule has 0 unspecified atom stereocenters. The van der Waals surface area contributed by atoms with Crippen molar-refractivity contribution in [2.24, 2.45) is 0 Å². The highest BCUT2D eigenvalue weighted by Gasteiger charge is 2.48. The van der Waals surface area contributed by atoms with Crippen LogP contribution in [0.3, 0.4) is 0 Å². The van der Waals surface area contributed by atoms with E-state index in [1.54, 1.807) is 65.6 Å². The van der Waals surface area contributed by atoms with Gasteiger partial charge in [0.15, 0.2) is 0 Å². The quantitative estimate of drug-likeness (QED) is 0.497. The third kappa shape index (κ3) is 2.91. The predicted octanol–water partition coefficient (Wildman–Crippen LogP) is 2.68. The Bertz CT molecular complexity index is 1580. The first-order valence-electron chi connectivity index (χ1n) is 10.6. The van der Waals surface area contributed by atoms with Gasteiger partial charge in [0.1, 0.15) is 12.7 Å². The van der Waals surface area contributed by atoms with Crippen molar-refractivity contribution in [3.05, 3.63) is 100 Å². The van der Waals surface area contributed by atoms with E-state index in [1.807, 2.05) is 0 Å². The molecule has 9 heteroatoms. The predicted molar refractivity (Wildman–Crippen MR) is 124 cm³/mol. The number of anilines is 2. The molecule has 3 heterocycles. The maximum absolute atomic E-state index is 13.4. The first-order chi connectivity index (χ1) is 16.5. The van der Waals surface area contributed by atoms with Gasteiger partial charge in [-0.2, -0.15) is 0 Å². The minimum atomic E-state index is -0.722. The van der Waals surface area contributed by atoms with Crippen LogP contribution in [-0.2, 0) is 4.79 Å². The van der Waals surface area contributed by atoms with Crippen molar-refractivity contribution in [2.75, 3.05) is 16.8 Å². The summed E-state index contributed by atoms with van der Waals surface area (Å²) in [5.41, 5.74) is 2.64. The van der Waals surface area contributed by atoms with E-state index in [1.165, 1.54) is 17.3 Å². The molecule has 1 atom stereocenters. The number of rotatable bonds is 3. The van der Waals surface area contributed by atoms with Crippen LogP contribution in [0.25, 0.3) is 10.9 Å². The molecule has 166 valence electrons. The van der Waals surface area contributed by atoms with E-state index in [0.29, 0.717) is 39.0 Å². The number of carbonyl (C=O) groups is 3. The number of para-hydroxylation sites is 1. The summed E-state index contributed by atoms with van der Waals surface area (Å²) < 4.78 is 0. The van der Waals surface area contributed by atoms with Gasteiger partial charge >= 0.3 is 0 Å². The fourth-order valence-electron chi connectivity index (χ4n) is 4.64. The van der Waals surface area contributed by atoms with Crippen molar-refractivity contribution in [2.45, 2.75) is 6.17 Å². The van der Waals surface area contributed by atoms with Crippen molar-refractivity contribution in [3.8, 4) is 0 Å². The molecule has 0 saturated heterocycles. The molecular weight excluding hydrogens is 434 g/mol. The molecule has 0 fully saturated rings. The molecule has 3 aromatic carbocycles. The SMILES string of the molecule is O=C(CN1C(=O)c2ccccc2N2C(=O)c3ccccc3[C@@H]12)Nc1ccc2nc[nH]c(=O)c2c1. The number of benzene rings is 3. The first kappa shape index (κ1) is 19.9. The number of nitrogens with one attached hydrogen (secondary N) is 2. The average molecular weight is 451 g/mol. The Morgan fingerprint density at radius 2 is 1.71 bits per heavy atom. The zero-order valence-electron chi connectivity index (χ0n) is 17.7. The number of fused-ring (bicyclic) bond motifs is 6. The lowest BCUT2D eigenvalue weighted by molar-refractivity contribution is -0.117. The Kier molecular flexibility index (Phi) is 4.31. The molecular formula is C25H17N5O4. The lowest BCUT2D eigenvalue weighted by atomic mass is 10.0. The van der Waals surface area contributed by atoms with Crippen LogP contribution in [0.4, 0.5) is 11.4 Å². The molecule has 34 heavy (non-hydrogen) atoms. The molecule has 3 amide bonds. The van der Waals surface area contributed by atoms with E-state index in [9.17, 15) is 19.2 Å². The van der Waals surface area contributed by atoms with Crippen LogP contribution >= 0.6 is 0 Å². The van der Waals surface area contributed by atoms with Gasteiger partial charge in [-0.25, -0.2) is 4.98 Å². The largest absolute Gasteiger partial charge is 0.325 e. The van der Waals surface area contributed by atoms with Crippen LogP contribution in [0.1, 0.15) is 32.4 Å². The smallest absolute Gasteiger partial charge is 0.260 e. The van der Waals surface area contributed by atoms with Crippen molar-refractivity contribution in [3.63, 3.8) is 0 Å². The standard InChI is InChI=1S/C25H17N5O4/c31-21(28-14-9-10-19-18(11-14)22(32)27-13-26-19)12-29-23-15-5-1-2-6-16(15)25(34)30(23)20-8-4-3-7-17(20)24(29)33/h1-11,13,23H,12H2,(H,28,31)(H,26,27,32)/t23-/m0/s1. The Morgan fingerprint density at radius 3 is 2.56 bits per heavy atom. The van der Waals surface area contributed by atoms with Crippen LogP contribution in [0.5, 0.6) is 0 Å². The molecule has 0 saturated carbocycles. The molecule has 2 aliphatic rings. The van der Waals surface area contributed by atoms with Gasteiger partial charge in [-0.15, -0.1) is 0 Å². The zero-order chi connectivity index (χ0) is 23.4. The topological polar surface area (TPSA) is 115 Å². The molecule has 0 bridgehead atoms. The van der Waals surface area contributed by atoms with Gasteiger partial charge in [0, 0.05) is 16.8 Å². The summed E-state index contributed by atoms with van der Waals surface area (Å²) in [6, 6.07) is 18.8. The number of H-pyrrole nitrogens is 1. The highest BCUT2D eigenvalue weighted by Crippen LogP contribution is 2.44. The summed E-state index contributed by atoms with van der Waals surface area (Å²) in [5, 5.41) is 3.09. The van der Waals surface area contributed by atoms with Crippen molar-refractivity contribution in [1.29, 1.82) is 0 Å². The van der Waals surface area contributed by atoms with Gasteiger partial charge < -0.3 is 15.2 Å². The van der Waals surface area contributed by atoms with Crippen LogP contribution in [0.2, 0.25) is 0 Å². The number of amides is 3. The normalized spacial score (nSPS) is 16.3. The Morgan fingerprint density at radius 1 is 0.941 bits per heavy atom. The maximum Gasteiger partial charge on any atom is 0.260 e. The van der Waals surface area contributed by atoms with Crippen molar-refractivity contribution >= 4 is 40.0 Å². The summed E-state index contributed by atoms with van der Waals surface area (Å²) in [4.78, 5) is 61.3. The molecule has 0 aliphatic carbocycles. The highest BCUT2D eigenvalue weighted by molar-refractivity contribution is 6.17. The van der Waals surface area contributed by atoms with Crippen molar-refractivity contribution < 1.29 is 14.4 Å². The fraction of sp³-hybridized carbons (Fsp3) is 0.0800. The van der Waals surface area contributed by atoms with E-state index in [0.717, 1.165) is 0 Å². The zero-order valence-corrected chi connectivity index (χ0v) is 17.7. The molecule has 0 spiro atoms. The van der Waals surface area contributed by atoms with Gasteiger partial charge in [0.25, 0.3) is 17.4 Å². The molecule has 9 nitrogen and oxygen atoms in total. The van der Waals surface area contributed by atoms with Gasteiger partial charge in [0.05, 0.1) is 28.5 Å². The Hall–Kier alpha value is -4.79. The van der Waals surface area contributed by atoms with Gasteiger partial charge in [0.2, 0.25) is 5.91 Å². The average Bonchev–Trinajstić information content (AvgIpc) is 3.15. The number of aromatic nitrogens is 2. The third-order valence-corrected chi connectivity index (χ3v) is 6.12. The van der Waals surface area contributed by atoms with E-state index < -0.39 is 12.1 Å². The second-order valence-electron chi connectivity index (χ2n) is 8.10.